The topological polar surface area (TPSA) is 83.5 Å². The Hall–Kier alpha value is -2.45. The number of morpholine rings is 1. The van der Waals surface area contributed by atoms with Crippen molar-refractivity contribution in [1.82, 2.24) is 10.3 Å². The maximum Gasteiger partial charge on any atom is 0.279 e. The lowest BCUT2D eigenvalue weighted by Gasteiger charge is -2.25. The van der Waals surface area contributed by atoms with E-state index in [-0.39, 0.29) is 24.1 Å². The van der Waals surface area contributed by atoms with Crippen molar-refractivity contribution < 1.29 is 19.1 Å². The van der Waals surface area contributed by atoms with E-state index in [0.29, 0.717) is 31.1 Å². The van der Waals surface area contributed by atoms with Crippen LogP contribution in [-0.2, 0) is 14.3 Å². The lowest BCUT2D eigenvalue weighted by atomic mass is 10.1. The molecule has 1 aromatic carbocycles. The number of hydrogen-bond acceptors (Lipinski definition) is 6. The Morgan fingerprint density at radius 1 is 1.29 bits per heavy atom. The van der Waals surface area contributed by atoms with Crippen LogP contribution in [0.5, 0.6) is 5.75 Å². The number of nitrogens with one attached hydrogen (secondary N) is 1. The first-order valence-corrected chi connectivity index (χ1v) is 9.81. The third kappa shape index (κ3) is 4.69. The molecule has 28 heavy (non-hydrogen) atoms. The van der Waals surface area contributed by atoms with Gasteiger partial charge in [-0.1, -0.05) is 19.8 Å². The minimum Gasteiger partial charge on any atom is -0.497 e. The van der Waals surface area contributed by atoms with Crippen molar-refractivity contribution in [2.45, 2.75) is 26.2 Å². The number of fused-ring (bicyclic) bond motifs is 1. The average molecular weight is 388 g/mol. The van der Waals surface area contributed by atoms with Crippen molar-refractivity contribution in [3.63, 3.8) is 0 Å². The van der Waals surface area contributed by atoms with Crippen molar-refractivity contribution in [3.05, 3.63) is 23.8 Å². The van der Waals surface area contributed by atoms with Gasteiger partial charge in [-0.15, -0.1) is 0 Å². The molecule has 3 rings (SSSR count). The van der Waals surface area contributed by atoms with E-state index in [1.54, 1.807) is 18.1 Å². The highest BCUT2D eigenvalue weighted by Crippen LogP contribution is 2.33. The molecular formula is C20H28N4O4. The number of benzene rings is 1. The van der Waals surface area contributed by atoms with Crippen molar-refractivity contribution >= 4 is 23.2 Å². The first-order valence-electron chi connectivity index (χ1n) is 9.81. The van der Waals surface area contributed by atoms with Crippen molar-refractivity contribution in [2.24, 2.45) is 5.10 Å². The Morgan fingerprint density at radius 3 is 2.79 bits per heavy atom. The molecule has 2 heterocycles. The van der Waals surface area contributed by atoms with Crippen LogP contribution in [0.3, 0.4) is 0 Å². The molecule has 0 atom stereocenters. The fourth-order valence-electron chi connectivity index (χ4n) is 3.38. The van der Waals surface area contributed by atoms with Gasteiger partial charge in [0.05, 0.1) is 32.6 Å². The first-order chi connectivity index (χ1) is 13.6. The number of nitrogens with zero attached hydrogens (tertiary/aromatic N) is 3. The number of carbonyl (C=O) groups excluding carboxylic acids is 2. The molecule has 0 saturated carbocycles. The Balaban J connectivity index is 1.73. The second kappa shape index (κ2) is 9.66. The highest BCUT2D eigenvalue weighted by Gasteiger charge is 2.34. The molecule has 0 aromatic heterocycles. The van der Waals surface area contributed by atoms with Gasteiger partial charge >= 0.3 is 0 Å². The Labute approximate surface area is 165 Å². The SMILES string of the molecule is CCCCCN1C(=O)/C(=N\NC(=O)CN2CCOCC2)c2ccc(OC)cc21. The predicted octanol–water partition coefficient (Wildman–Crippen LogP) is 1.38. The van der Waals surface area contributed by atoms with Gasteiger partial charge in [0.2, 0.25) is 0 Å². The van der Waals surface area contributed by atoms with Gasteiger partial charge in [-0.05, 0) is 18.6 Å². The number of anilines is 1. The summed E-state index contributed by atoms with van der Waals surface area (Å²) in [6.07, 6.45) is 3.03. The molecule has 8 nitrogen and oxygen atoms in total. The molecule has 152 valence electrons. The zero-order chi connectivity index (χ0) is 19.9. The smallest absolute Gasteiger partial charge is 0.279 e. The van der Waals surface area contributed by atoms with Gasteiger partial charge in [0.25, 0.3) is 11.8 Å². The molecule has 1 fully saturated rings. The Morgan fingerprint density at radius 2 is 2.07 bits per heavy atom. The highest BCUT2D eigenvalue weighted by molar-refractivity contribution is 6.54. The van der Waals surface area contributed by atoms with Gasteiger partial charge in [-0.3, -0.25) is 14.5 Å². The summed E-state index contributed by atoms with van der Waals surface area (Å²) >= 11 is 0. The minimum absolute atomic E-state index is 0.189. The van der Waals surface area contributed by atoms with Crippen LogP contribution in [0.1, 0.15) is 31.7 Å². The number of ether oxygens (including phenoxy) is 2. The van der Waals surface area contributed by atoms with Gasteiger partial charge < -0.3 is 14.4 Å². The maximum atomic E-state index is 12.9. The molecule has 0 unspecified atom stereocenters. The lowest BCUT2D eigenvalue weighted by Crippen LogP contribution is -2.42. The van der Waals surface area contributed by atoms with Crippen LogP contribution in [0, 0.1) is 0 Å². The van der Waals surface area contributed by atoms with E-state index in [2.05, 4.69) is 17.5 Å². The Bertz CT molecular complexity index is 744. The van der Waals surface area contributed by atoms with E-state index in [4.69, 9.17) is 9.47 Å². The highest BCUT2D eigenvalue weighted by atomic mass is 16.5. The minimum atomic E-state index is -0.235. The number of unbranched alkanes of at least 4 members (excludes halogenated alkanes) is 2. The molecule has 2 aliphatic heterocycles. The van der Waals surface area contributed by atoms with Crippen LogP contribution in [0.2, 0.25) is 0 Å². The number of rotatable bonds is 8. The lowest BCUT2D eigenvalue weighted by molar-refractivity contribution is -0.123. The zero-order valence-electron chi connectivity index (χ0n) is 16.6. The second-order valence-corrected chi connectivity index (χ2v) is 6.93. The van der Waals surface area contributed by atoms with Gasteiger partial charge in [-0.25, -0.2) is 5.43 Å². The average Bonchev–Trinajstić information content (AvgIpc) is 2.97. The van der Waals surface area contributed by atoms with Gasteiger partial charge in [0.1, 0.15) is 5.75 Å². The number of methoxy groups -OCH3 is 1. The van der Waals surface area contributed by atoms with E-state index in [1.165, 1.54) is 0 Å². The number of hydrazone groups is 1. The summed E-state index contributed by atoms with van der Waals surface area (Å²) in [6, 6.07) is 5.46. The van der Waals surface area contributed by atoms with Crippen LogP contribution in [0.25, 0.3) is 0 Å². The van der Waals surface area contributed by atoms with Gasteiger partial charge in [0.15, 0.2) is 5.71 Å². The van der Waals surface area contributed by atoms with Crippen LogP contribution in [0.15, 0.2) is 23.3 Å². The van der Waals surface area contributed by atoms with E-state index in [0.717, 1.165) is 38.0 Å². The van der Waals surface area contributed by atoms with E-state index in [9.17, 15) is 9.59 Å². The Kier molecular flexibility index (Phi) is 7.00. The van der Waals surface area contributed by atoms with Crippen LogP contribution >= 0.6 is 0 Å². The summed E-state index contributed by atoms with van der Waals surface area (Å²) in [5.74, 6) is 0.261. The summed E-state index contributed by atoms with van der Waals surface area (Å²) < 4.78 is 10.6. The zero-order valence-corrected chi connectivity index (χ0v) is 16.6. The van der Waals surface area contributed by atoms with Crippen molar-refractivity contribution in [1.29, 1.82) is 0 Å². The van der Waals surface area contributed by atoms with Crippen molar-refractivity contribution in [3.8, 4) is 5.75 Å². The summed E-state index contributed by atoms with van der Waals surface area (Å²) in [5, 5.41) is 4.17. The number of carbonyl (C=O) groups is 2. The van der Waals surface area contributed by atoms with Gasteiger partial charge in [-0.2, -0.15) is 5.10 Å². The van der Waals surface area contributed by atoms with E-state index >= 15 is 0 Å². The van der Waals surface area contributed by atoms with E-state index < -0.39 is 0 Å². The monoisotopic (exact) mass is 388 g/mol. The standard InChI is InChI=1S/C20H28N4O4/c1-3-4-5-8-24-17-13-15(27-2)6-7-16(17)19(20(24)26)22-21-18(25)14-23-9-11-28-12-10-23/h6-7,13H,3-5,8-12,14H2,1-2H3,(H,21,25)/b22-19-. The molecule has 0 aliphatic carbocycles. The maximum absolute atomic E-state index is 12.9. The fourth-order valence-corrected chi connectivity index (χ4v) is 3.38. The third-order valence-corrected chi connectivity index (χ3v) is 4.95. The van der Waals surface area contributed by atoms with Crippen LogP contribution in [-0.4, -0.2) is 68.9 Å². The summed E-state index contributed by atoms with van der Waals surface area (Å²) in [7, 11) is 1.60. The molecule has 1 aromatic rings. The molecule has 0 bridgehead atoms. The molecular weight excluding hydrogens is 360 g/mol. The van der Waals surface area contributed by atoms with Crippen LogP contribution in [0.4, 0.5) is 5.69 Å². The summed E-state index contributed by atoms with van der Waals surface area (Å²) in [6.45, 7) is 5.68. The number of amides is 2. The molecule has 1 N–H and O–H groups in total. The largest absolute Gasteiger partial charge is 0.497 e. The van der Waals surface area contributed by atoms with Crippen molar-refractivity contribution in [2.75, 3.05) is 51.4 Å². The molecule has 0 spiro atoms. The third-order valence-electron chi connectivity index (χ3n) is 4.95. The molecule has 2 amide bonds. The normalized spacial score (nSPS) is 18.4. The second-order valence-electron chi connectivity index (χ2n) is 6.93. The first kappa shape index (κ1) is 20.3. The molecule has 8 heteroatoms. The summed E-state index contributed by atoms with van der Waals surface area (Å²) in [5.41, 5.74) is 4.31. The molecule has 1 saturated heterocycles. The van der Waals surface area contributed by atoms with Gasteiger partial charge in [0, 0.05) is 31.3 Å². The van der Waals surface area contributed by atoms with Crippen LogP contribution < -0.4 is 15.1 Å². The fraction of sp³-hybridized carbons (Fsp3) is 0.550. The molecule has 0 radical (unpaired) electrons. The predicted molar refractivity (Wildman–Crippen MR) is 107 cm³/mol. The quantitative estimate of drug-likeness (QED) is 0.537. The van der Waals surface area contributed by atoms with E-state index in [1.807, 2.05) is 17.0 Å². The number of hydrogen-bond donors (Lipinski definition) is 1. The summed E-state index contributed by atoms with van der Waals surface area (Å²) in [4.78, 5) is 28.9. The molecule has 2 aliphatic rings.